The van der Waals surface area contributed by atoms with Gasteiger partial charge in [0.05, 0.1) is 24.2 Å². The molecule has 0 radical (unpaired) electrons. The summed E-state index contributed by atoms with van der Waals surface area (Å²) in [4.78, 5) is 29.6. The van der Waals surface area contributed by atoms with Crippen molar-refractivity contribution in [2.75, 3.05) is 7.11 Å². The van der Waals surface area contributed by atoms with Gasteiger partial charge >= 0.3 is 5.97 Å². The van der Waals surface area contributed by atoms with E-state index in [0.29, 0.717) is 34.5 Å². The van der Waals surface area contributed by atoms with E-state index in [9.17, 15) is 9.59 Å². The second-order valence-electron chi connectivity index (χ2n) is 6.98. The van der Waals surface area contributed by atoms with Crippen molar-refractivity contribution in [1.29, 1.82) is 0 Å². The summed E-state index contributed by atoms with van der Waals surface area (Å²) in [6, 6.07) is 12.6. The molecule has 7 nitrogen and oxygen atoms in total. The average Bonchev–Trinajstić information content (AvgIpc) is 2.78. The Balaban J connectivity index is 2.04. The van der Waals surface area contributed by atoms with Crippen molar-refractivity contribution < 1.29 is 14.3 Å². The molecule has 2 aromatic carbocycles. The normalized spacial score (nSPS) is 12.3. The number of aryl methyl sites for hydroxylation is 1. The Bertz CT molecular complexity index is 1170. The number of nitrogens with zero attached hydrogens (tertiary/aromatic N) is 3. The van der Waals surface area contributed by atoms with Crippen LogP contribution in [0.25, 0.3) is 10.9 Å². The monoisotopic (exact) mass is 485 g/mol. The summed E-state index contributed by atoms with van der Waals surface area (Å²) in [5.41, 5.74) is 1.03. The topological polar surface area (TPSA) is 82.8 Å². The van der Waals surface area contributed by atoms with Crippen LogP contribution in [0.1, 0.15) is 38.1 Å². The van der Waals surface area contributed by atoms with Gasteiger partial charge in [0, 0.05) is 16.5 Å². The molecule has 0 bridgehead atoms. The number of para-hydroxylation sites is 1. The standard InChI is InChI=1S/C23H24BrN3O4/c1-4-5-10-21-26-19-12-11-17(24)13-18(19)22(28)27(21)25-14-16-8-6-7-9-20(16)31-15(2)23(29)30-3/h6-9,11-15H,4-5,10H2,1-3H3/t15-/m0/s1. The number of carbonyl (C=O) groups is 1. The van der Waals surface area contributed by atoms with Crippen molar-refractivity contribution in [1.82, 2.24) is 9.66 Å². The molecule has 1 heterocycles. The largest absolute Gasteiger partial charge is 0.478 e. The lowest BCUT2D eigenvalue weighted by Gasteiger charge is -2.14. The van der Waals surface area contributed by atoms with Gasteiger partial charge in [-0.1, -0.05) is 41.4 Å². The lowest BCUT2D eigenvalue weighted by Crippen LogP contribution is -2.25. The summed E-state index contributed by atoms with van der Waals surface area (Å²) >= 11 is 3.41. The first-order valence-corrected chi connectivity index (χ1v) is 10.8. The van der Waals surface area contributed by atoms with E-state index in [-0.39, 0.29) is 5.56 Å². The van der Waals surface area contributed by atoms with Crippen molar-refractivity contribution in [3.05, 3.63) is 68.7 Å². The number of benzene rings is 2. The number of ether oxygens (including phenoxy) is 2. The van der Waals surface area contributed by atoms with E-state index < -0.39 is 12.1 Å². The highest BCUT2D eigenvalue weighted by Crippen LogP contribution is 2.19. The van der Waals surface area contributed by atoms with Gasteiger partial charge in [0.1, 0.15) is 11.6 Å². The Labute approximate surface area is 188 Å². The number of esters is 1. The lowest BCUT2D eigenvalue weighted by atomic mass is 10.2. The summed E-state index contributed by atoms with van der Waals surface area (Å²) in [7, 11) is 1.31. The first-order valence-electron chi connectivity index (χ1n) is 10.0. The quantitative estimate of drug-likeness (QED) is 0.350. The molecule has 1 aromatic heterocycles. The van der Waals surface area contributed by atoms with Crippen LogP contribution in [0.4, 0.5) is 0 Å². The Morgan fingerprint density at radius 3 is 2.81 bits per heavy atom. The molecule has 162 valence electrons. The maximum absolute atomic E-state index is 13.2. The third-order valence-corrected chi connectivity index (χ3v) is 5.19. The Morgan fingerprint density at radius 1 is 1.29 bits per heavy atom. The van der Waals surface area contributed by atoms with Gasteiger partial charge in [0.25, 0.3) is 5.56 Å². The summed E-state index contributed by atoms with van der Waals surface area (Å²) in [5.74, 6) is 0.581. The average molecular weight is 486 g/mol. The minimum Gasteiger partial charge on any atom is -0.478 e. The molecule has 0 saturated carbocycles. The number of methoxy groups -OCH3 is 1. The number of fused-ring (bicyclic) bond motifs is 1. The highest BCUT2D eigenvalue weighted by molar-refractivity contribution is 9.10. The molecule has 0 saturated heterocycles. The minimum atomic E-state index is -0.776. The molecule has 0 aliphatic rings. The fourth-order valence-corrected chi connectivity index (χ4v) is 3.39. The smallest absolute Gasteiger partial charge is 0.346 e. The number of rotatable bonds is 8. The molecular formula is C23H24BrN3O4. The van der Waals surface area contributed by atoms with Crippen LogP contribution in [-0.4, -0.2) is 35.1 Å². The number of carbonyl (C=O) groups excluding carboxylic acids is 1. The Kier molecular flexibility index (Phi) is 7.57. The Morgan fingerprint density at radius 2 is 2.06 bits per heavy atom. The van der Waals surface area contributed by atoms with Crippen LogP contribution >= 0.6 is 15.9 Å². The van der Waals surface area contributed by atoms with E-state index in [1.807, 2.05) is 18.2 Å². The van der Waals surface area contributed by atoms with Crippen LogP contribution in [0.2, 0.25) is 0 Å². The number of unbranched alkanes of at least 4 members (excludes halogenated alkanes) is 1. The molecule has 3 rings (SSSR count). The SMILES string of the molecule is CCCCc1nc2ccc(Br)cc2c(=O)n1N=Cc1ccccc1O[C@@H](C)C(=O)OC. The zero-order valence-electron chi connectivity index (χ0n) is 17.7. The van der Waals surface area contributed by atoms with Crippen LogP contribution < -0.4 is 10.3 Å². The van der Waals surface area contributed by atoms with Gasteiger partial charge in [0.15, 0.2) is 6.10 Å². The first-order chi connectivity index (χ1) is 14.9. The second-order valence-corrected chi connectivity index (χ2v) is 7.89. The summed E-state index contributed by atoms with van der Waals surface area (Å²) in [5, 5.41) is 4.93. The van der Waals surface area contributed by atoms with Crippen molar-refractivity contribution in [3.8, 4) is 5.75 Å². The molecule has 0 aliphatic carbocycles. The Hall–Kier alpha value is -3.00. The number of hydrogen-bond donors (Lipinski definition) is 0. The molecule has 0 N–H and O–H groups in total. The van der Waals surface area contributed by atoms with Crippen molar-refractivity contribution in [3.63, 3.8) is 0 Å². The van der Waals surface area contributed by atoms with Crippen LogP contribution in [0.15, 0.2) is 56.8 Å². The highest BCUT2D eigenvalue weighted by Gasteiger charge is 2.16. The maximum Gasteiger partial charge on any atom is 0.346 e. The van der Waals surface area contributed by atoms with Crippen molar-refractivity contribution >= 4 is 39.0 Å². The maximum atomic E-state index is 13.2. The van der Waals surface area contributed by atoms with Gasteiger partial charge in [0.2, 0.25) is 0 Å². The number of aromatic nitrogens is 2. The number of hydrogen-bond acceptors (Lipinski definition) is 6. The van der Waals surface area contributed by atoms with E-state index >= 15 is 0 Å². The van der Waals surface area contributed by atoms with E-state index in [1.54, 1.807) is 37.4 Å². The second kappa shape index (κ2) is 10.3. The van der Waals surface area contributed by atoms with E-state index in [0.717, 1.165) is 17.3 Å². The molecule has 0 fully saturated rings. The van der Waals surface area contributed by atoms with E-state index in [1.165, 1.54) is 11.8 Å². The van der Waals surface area contributed by atoms with Gasteiger partial charge in [-0.3, -0.25) is 4.79 Å². The fourth-order valence-electron chi connectivity index (χ4n) is 3.03. The summed E-state index contributed by atoms with van der Waals surface area (Å²) in [6.07, 6.45) is 3.26. The molecule has 1 atom stereocenters. The molecular weight excluding hydrogens is 462 g/mol. The predicted molar refractivity (Wildman–Crippen MR) is 124 cm³/mol. The molecule has 0 unspecified atom stereocenters. The van der Waals surface area contributed by atoms with Crippen LogP contribution in [0.3, 0.4) is 0 Å². The van der Waals surface area contributed by atoms with Crippen LogP contribution in [-0.2, 0) is 16.0 Å². The van der Waals surface area contributed by atoms with Crippen molar-refractivity contribution in [2.45, 2.75) is 39.2 Å². The van der Waals surface area contributed by atoms with Crippen LogP contribution in [0.5, 0.6) is 5.75 Å². The minimum absolute atomic E-state index is 0.241. The van der Waals surface area contributed by atoms with Crippen molar-refractivity contribution in [2.24, 2.45) is 5.10 Å². The molecule has 0 spiro atoms. The van der Waals surface area contributed by atoms with Gasteiger partial charge in [-0.2, -0.15) is 9.78 Å². The van der Waals surface area contributed by atoms with Gasteiger partial charge in [-0.05, 0) is 43.7 Å². The van der Waals surface area contributed by atoms with Gasteiger partial charge in [-0.15, -0.1) is 0 Å². The molecule has 3 aromatic rings. The highest BCUT2D eigenvalue weighted by atomic mass is 79.9. The molecule has 31 heavy (non-hydrogen) atoms. The zero-order chi connectivity index (χ0) is 22.4. The third kappa shape index (κ3) is 5.38. The van der Waals surface area contributed by atoms with Gasteiger partial charge < -0.3 is 9.47 Å². The first kappa shape index (κ1) is 22.7. The predicted octanol–water partition coefficient (Wildman–Crippen LogP) is 4.32. The molecule has 0 aliphatic heterocycles. The fraction of sp³-hybridized carbons (Fsp3) is 0.304. The summed E-state index contributed by atoms with van der Waals surface area (Å²) in [6.45, 7) is 3.69. The van der Waals surface area contributed by atoms with E-state index in [4.69, 9.17) is 9.47 Å². The number of halogens is 1. The molecule has 0 amide bonds. The van der Waals surface area contributed by atoms with E-state index in [2.05, 4.69) is 32.9 Å². The summed E-state index contributed by atoms with van der Waals surface area (Å²) < 4.78 is 12.6. The van der Waals surface area contributed by atoms with Gasteiger partial charge in [-0.25, -0.2) is 9.78 Å². The lowest BCUT2D eigenvalue weighted by molar-refractivity contribution is -0.147. The third-order valence-electron chi connectivity index (χ3n) is 4.70. The zero-order valence-corrected chi connectivity index (χ0v) is 19.3. The van der Waals surface area contributed by atoms with Crippen LogP contribution in [0, 0.1) is 0 Å². The molecule has 8 heteroatoms.